The largest absolute Gasteiger partial charge is 0.316 e. The normalized spacial score (nSPS) is 12.2. The maximum atomic E-state index is 12.1. The van der Waals surface area contributed by atoms with Gasteiger partial charge < -0.3 is 5.32 Å². The van der Waals surface area contributed by atoms with Crippen molar-refractivity contribution >= 4 is 10.0 Å². The van der Waals surface area contributed by atoms with Gasteiger partial charge >= 0.3 is 0 Å². The van der Waals surface area contributed by atoms with Crippen molar-refractivity contribution in [3.05, 3.63) is 0 Å². The van der Waals surface area contributed by atoms with Gasteiger partial charge in [0, 0.05) is 19.6 Å². The summed E-state index contributed by atoms with van der Waals surface area (Å²) in [6, 6.07) is 0. The number of sulfonamides is 1. The van der Waals surface area contributed by atoms with Gasteiger partial charge in [-0.3, -0.25) is 0 Å². The summed E-state index contributed by atoms with van der Waals surface area (Å²) in [5.74, 6) is 0.217. The Morgan fingerprint density at radius 1 is 1.00 bits per heavy atom. The zero-order chi connectivity index (χ0) is 13.1. The van der Waals surface area contributed by atoms with Crippen molar-refractivity contribution in [2.45, 2.75) is 46.5 Å². The molecule has 0 radical (unpaired) electrons. The third kappa shape index (κ3) is 7.73. The molecule has 0 fully saturated rings. The molecule has 0 saturated carbocycles. The number of hydrogen-bond donors (Lipinski definition) is 1. The van der Waals surface area contributed by atoms with Crippen molar-refractivity contribution in [3.8, 4) is 0 Å². The molecule has 0 aromatic rings. The molecule has 17 heavy (non-hydrogen) atoms. The van der Waals surface area contributed by atoms with Crippen molar-refractivity contribution in [1.29, 1.82) is 0 Å². The standard InChI is InChI=1S/C12H28N2O2S/c1-4-7-10-14(11-8-5-2)17(15,16)12-9-13-6-3/h13H,4-12H2,1-3H3. The Morgan fingerprint density at radius 2 is 1.53 bits per heavy atom. The van der Waals surface area contributed by atoms with E-state index in [0.29, 0.717) is 19.6 Å². The average Bonchev–Trinajstić information content (AvgIpc) is 2.29. The van der Waals surface area contributed by atoms with E-state index in [1.807, 2.05) is 6.92 Å². The van der Waals surface area contributed by atoms with E-state index in [1.54, 1.807) is 4.31 Å². The molecule has 0 unspecified atom stereocenters. The van der Waals surface area contributed by atoms with Crippen LogP contribution in [0.4, 0.5) is 0 Å². The molecule has 0 aliphatic rings. The molecule has 0 atom stereocenters. The summed E-state index contributed by atoms with van der Waals surface area (Å²) in [4.78, 5) is 0. The monoisotopic (exact) mass is 264 g/mol. The van der Waals surface area contributed by atoms with Gasteiger partial charge in [0.05, 0.1) is 5.75 Å². The van der Waals surface area contributed by atoms with Gasteiger partial charge in [0.2, 0.25) is 10.0 Å². The quantitative estimate of drug-likeness (QED) is 0.579. The van der Waals surface area contributed by atoms with Crippen LogP contribution >= 0.6 is 0 Å². The summed E-state index contributed by atoms with van der Waals surface area (Å²) < 4.78 is 25.9. The predicted molar refractivity (Wildman–Crippen MR) is 73.7 cm³/mol. The summed E-state index contributed by atoms with van der Waals surface area (Å²) in [5, 5.41) is 3.07. The Morgan fingerprint density at radius 3 is 1.94 bits per heavy atom. The first-order valence-corrected chi connectivity index (χ1v) is 8.37. The molecule has 0 heterocycles. The van der Waals surface area contributed by atoms with Crippen LogP contribution in [-0.4, -0.2) is 44.7 Å². The van der Waals surface area contributed by atoms with Crippen molar-refractivity contribution in [1.82, 2.24) is 9.62 Å². The molecule has 0 aliphatic carbocycles. The maximum absolute atomic E-state index is 12.1. The van der Waals surface area contributed by atoms with Crippen LogP contribution in [0.3, 0.4) is 0 Å². The Balaban J connectivity index is 4.30. The van der Waals surface area contributed by atoms with E-state index in [0.717, 1.165) is 32.2 Å². The molecule has 0 aromatic heterocycles. The van der Waals surface area contributed by atoms with Crippen LogP contribution in [-0.2, 0) is 10.0 Å². The Kier molecular flexibility index (Phi) is 9.78. The fourth-order valence-corrected chi connectivity index (χ4v) is 3.04. The van der Waals surface area contributed by atoms with Crippen LogP contribution in [0.2, 0.25) is 0 Å². The summed E-state index contributed by atoms with van der Waals surface area (Å²) in [5.41, 5.74) is 0. The van der Waals surface area contributed by atoms with E-state index in [1.165, 1.54) is 0 Å². The van der Waals surface area contributed by atoms with Gasteiger partial charge in [-0.2, -0.15) is 0 Å². The number of hydrogen-bond acceptors (Lipinski definition) is 3. The second-order valence-electron chi connectivity index (χ2n) is 4.28. The Hall–Kier alpha value is -0.130. The minimum absolute atomic E-state index is 0.217. The van der Waals surface area contributed by atoms with Crippen LogP contribution in [0.1, 0.15) is 46.5 Å². The lowest BCUT2D eigenvalue weighted by Gasteiger charge is -2.21. The topological polar surface area (TPSA) is 49.4 Å². The Labute approximate surface area is 107 Å². The maximum Gasteiger partial charge on any atom is 0.215 e. The van der Waals surface area contributed by atoms with Gasteiger partial charge in [-0.05, 0) is 19.4 Å². The lowest BCUT2D eigenvalue weighted by Crippen LogP contribution is -2.37. The highest BCUT2D eigenvalue weighted by molar-refractivity contribution is 7.89. The van der Waals surface area contributed by atoms with E-state index in [2.05, 4.69) is 19.2 Å². The van der Waals surface area contributed by atoms with E-state index in [4.69, 9.17) is 0 Å². The Bertz CT molecular complexity index is 258. The van der Waals surface area contributed by atoms with Crippen molar-refractivity contribution < 1.29 is 8.42 Å². The zero-order valence-corrected chi connectivity index (χ0v) is 12.4. The summed E-state index contributed by atoms with van der Waals surface area (Å²) >= 11 is 0. The second kappa shape index (κ2) is 9.85. The van der Waals surface area contributed by atoms with Gasteiger partial charge in [-0.1, -0.05) is 33.6 Å². The highest BCUT2D eigenvalue weighted by Gasteiger charge is 2.20. The molecule has 0 rings (SSSR count). The van der Waals surface area contributed by atoms with Crippen LogP contribution in [0, 0.1) is 0 Å². The number of nitrogens with zero attached hydrogens (tertiary/aromatic N) is 1. The van der Waals surface area contributed by atoms with Crippen molar-refractivity contribution in [2.75, 3.05) is 31.9 Å². The zero-order valence-electron chi connectivity index (χ0n) is 11.5. The van der Waals surface area contributed by atoms with Crippen LogP contribution < -0.4 is 5.32 Å². The molecule has 0 aliphatic heterocycles. The number of nitrogens with one attached hydrogen (secondary N) is 1. The first-order valence-electron chi connectivity index (χ1n) is 6.77. The first kappa shape index (κ1) is 16.9. The van der Waals surface area contributed by atoms with E-state index in [9.17, 15) is 8.42 Å². The minimum Gasteiger partial charge on any atom is -0.316 e. The fraction of sp³-hybridized carbons (Fsp3) is 1.00. The highest BCUT2D eigenvalue weighted by Crippen LogP contribution is 2.06. The van der Waals surface area contributed by atoms with Crippen LogP contribution in [0.5, 0.6) is 0 Å². The van der Waals surface area contributed by atoms with E-state index < -0.39 is 10.0 Å². The van der Waals surface area contributed by atoms with Crippen LogP contribution in [0.15, 0.2) is 0 Å². The number of rotatable bonds is 11. The smallest absolute Gasteiger partial charge is 0.215 e. The molecule has 0 amide bonds. The summed E-state index contributed by atoms with van der Waals surface area (Å²) in [6.07, 6.45) is 3.96. The van der Waals surface area contributed by atoms with Gasteiger partial charge in [0.25, 0.3) is 0 Å². The molecule has 0 spiro atoms. The van der Waals surface area contributed by atoms with Crippen molar-refractivity contribution in [2.24, 2.45) is 0 Å². The molecule has 0 bridgehead atoms. The average molecular weight is 264 g/mol. The molecule has 0 saturated heterocycles. The SMILES string of the molecule is CCCCN(CCCC)S(=O)(=O)CCNCC. The van der Waals surface area contributed by atoms with Gasteiger partial charge in [-0.15, -0.1) is 0 Å². The van der Waals surface area contributed by atoms with E-state index >= 15 is 0 Å². The van der Waals surface area contributed by atoms with Gasteiger partial charge in [-0.25, -0.2) is 12.7 Å². The first-order chi connectivity index (χ1) is 8.08. The molecule has 0 aromatic carbocycles. The molecule has 1 N–H and O–H groups in total. The summed E-state index contributed by atoms with van der Waals surface area (Å²) in [6.45, 7) is 8.87. The molecular weight excluding hydrogens is 236 g/mol. The lowest BCUT2D eigenvalue weighted by atomic mass is 10.3. The molecule has 104 valence electrons. The highest BCUT2D eigenvalue weighted by atomic mass is 32.2. The third-order valence-corrected chi connectivity index (χ3v) is 4.57. The van der Waals surface area contributed by atoms with E-state index in [-0.39, 0.29) is 5.75 Å². The van der Waals surface area contributed by atoms with Crippen molar-refractivity contribution in [3.63, 3.8) is 0 Å². The number of unbranched alkanes of at least 4 members (excludes halogenated alkanes) is 2. The minimum atomic E-state index is -3.07. The predicted octanol–water partition coefficient (Wildman–Crippen LogP) is 1.83. The summed E-state index contributed by atoms with van der Waals surface area (Å²) in [7, 11) is -3.07. The second-order valence-corrected chi connectivity index (χ2v) is 6.36. The molecular formula is C12H28N2O2S. The lowest BCUT2D eigenvalue weighted by molar-refractivity contribution is 0.395. The van der Waals surface area contributed by atoms with Crippen LogP contribution in [0.25, 0.3) is 0 Å². The third-order valence-electron chi connectivity index (χ3n) is 2.70. The van der Waals surface area contributed by atoms with Gasteiger partial charge in [0.15, 0.2) is 0 Å². The fourth-order valence-electron chi connectivity index (χ4n) is 1.57. The molecule has 5 heteroatoms. The van der Waals surface area contributed by atoms with Gasteiger partial charge in [0.1, 0.15) is 0 Å². The molecule has 4 nitrogen and oxygen atoms in total.